The predicted molar refractivity (Wildman–Crippen MR) is 111 cm³/mol. The van der Waals surface area contributed by atoms with Gasteiger partial charge in [0, 0.05) is 17.1 Å². The molecule has 0 fully saturated rings. The van der Waals surface area contributed by atoms with Gasteiger partial charge in [0.05, 0.1) is 23.0 Å². The summed E-state index contributed by atoms with van der Waals surface area (Å²) in [6.07, 6.45) is 1.76. The van der Waals surface area contributed by atoms with E-state index in [0.717, 1.165) is 42.4 Å². The molecule has 1 N–H and O–H groups in total. The highest BCUT2D eigenvalue weighted by molar-refractivity contribution is 7.22. The van der Waals surface area contributed by atoms with Crippen molar-refractivity contribution in [2.45, 2.75) is 13.8 Å². The number of carbonyl (C=O) groups is 1. The van der Waals surface area contributed by atoms with Crippen LogP contribution in [0.2, 0.25) is 0 Å². The Morgan fingerprint density at radius 2 is 2.07 bits per heavy atom. The lowest BCUT2D eigenvalue weighted by Crippen LogP contribution is -2.00. The first kappa shape index (κ1) is 17.6. The molecule has 0 atom stereocenters. The van der Waals surface area contributed by atoms with Gasteiger partial charge in [0.15, 0.2) is 0 Å². The molecule has 1 aromatic carbocycles. The van der Waals surface area contributed by atoms with Crippen LogP contribution in [0.3, 0.4) is 0 Å². The predicted octanol–water partition coefficient (Wildman–Crippen LogP) is 4.84. The number of thiazole rings is 1. The van der Waals surface area contributed by atoms with Gasteiger partial charge >= 0.3 is 5.97 Å². The molecular formula is C19H16N4O2S2. The average molecular weight is 396 g/mol. The fourth-order valence-corrected chi connectivity index (χ4v) is 4.56. The second-order valence-electron chi connectivity index (χ2n) is 5.92. The van der Waals surface area contributed by atoms with E-state index in [1.807, 2.05) is 44.2 Å². The van der Waals surface area contributed by atoms with Gasteiger partial charge in [-0.1, -0.05) is 23.5 Å². The molecule has 0 spiro atoms. The van der Waals surface area contributed by atoms with Gasteiger partial charge in [-0.05, 0) is 37.6 Å². The molecule has 0 saturated heterocycles. The van der Waals surface area contributed by atoms with Crippen molar-refractivity contribution in [1.29, 1.82) is 0 Å². The number of hydrogen-bond acceptors (Lipinski definition) is 8. The standard InChI is InChI=1S/C19H16N4O2S2/c1-10-13-8-12(9-20-17(13)27-16(10)18(24)25-3)11(2)22-23-19-21-14-6-4-5-7-15(14)26-19/h4-9H,1-3H3,(H,21,23)/b22-11+. The molecule has 4 aromatic rings. The van der Waals surface area contributed by atoms with Gasteiger partial charge in [-0.25, -0.2) is 14.8 Å². The SMILES string of the molecule is COC(=O)c1sc2ncc(/C(C)=N/Nc3nc4ccccc4s3)cc2c1C. The summed E-state index contributed by atoms with van der Waals surface area (Å²) in [6.45, 7) is 3.81. The molecule has 27 heavy (non-hydrogen) atoms. The molecule has 8 heteroatoms. The quantitative estimate of drug-likeness (QED) is 0.303. The van der Waals surface area contributed by atoms with Gasteiger partial charge in [-0.2, -0.15) is 5.10 Å². The minimum absolute atomic E-state index is 0.333. The molecule has 3 heterocycles. The highest BCUT2D eigenvalue weighted by atomic mass is 32.1. The molecule has 0 saturated carbocycles. The maximum Gasteiger partial charge on any atom is 0.348 e. The lowest BCUT2D eigenvalue weighted by Gasteiger charge is -2.02. The molecule has 0 unspecified atom stereocenters. The maximum atomic E-state index is 11.9. The van der Waals surface area contributed by atoms with E-state index in [0.29, 0.717) is 4.88 Å². The van der Waals surface area contributed by atoms with Gasteiger partial charge in [0.2, 0.25) is 5.13 Å². The average Bonchev–Trinajstić information content (AvgIpc) is 3.26. The van der Waals surface area contributed by atoms with E-state index in [9.17, 15) is 4.79 Å². The van der Waals surface area contributed by atoms with Crippen LogP contribution in [0.5, 0.6) is 0 Å². The van der Waals surface area contributed by atoms with Crippen LogP contribution in [-0.2, 0) is 4.74 Å². The van der Waals surface area contributed by atoms with E-state index in [1.165, 1.54) is 18.4 Å². The van der Waals surface area contributed by atoms with Crippen molar-refractivity contribution in [2.75, 3.05) is 12.5 Å². The Hall–Kier alpha value is -2.84. The molecule has 4 rings (SSSR count). The van der Waals surface area contributed by atoms with E-state index in [2.05, 4.69) is 20.5 Å². The molecule has 3 aromatic heterocycles. The van der Waals surface area contributed by atoms with Crippen molar-refractivity contribution in [3.63, 3.8) is 0 Å². The minimum Gasteiger partial charge on any atom is -0.465 e. The topological polar surface area (TPSA) is 76.5 Å². The largest absolute Gasteiger partial charge is 0.465 e. The van der Waals surface area contributed by atoms with E-state index in [1.54, 1.807) is 17.5 Å². The van der Waals surface area contributed by atoms with Crippen LogP contribution >= 0.6 is 22.7 Å². The number of hydrazone groups is 1. The summed E-state index contributed by atoms with van der Waals surface area (Å²) in [5, 5.41) is 6.12. The Bertz CT molecular complexity index is 1160. The molecule has 136 valence electrons. The zero-order valence-corrected chi connectivity index (χ0v) is 16.6. The van der Waals surface area contributed by atoms with Gasteiger partial charge in [0.25, 0.3) is 0 Å². The van der Waals surface area contributed by atoms with Crippen molar-refractivity contribution in [3.8, 4) is 0 Å². The number of nitrogens with zero attached hydrogens (tertiary/aromatic N) is 3. The lowest BCUT2D eigenvalue weighted by atomic mass is 10.1. The first-order chi connectivity index (χ1) is 13.1. The van der Waals surface area contributed by atoms with Crippen LogP contribution in [0, 0.1) is 6.92 Å². The number of nitrogens with one attached hydrogen (secondary N) is 1. The van der Waals surface area contributed by atoms with E-state index < -0.39 is 0 Å². The smallest absolute Gasteiger partial charge is 0.348 e. The summed E-state index contributed by atoms with van der Waals surface area (Å²) in [7, 11) is 1.38. The number of benzene rings is 1. The second-order valence-corrected chi connectivity index (χ2v) is 7.95. The number of fused-ring (bicyclic) bond motifs is 2. The Balaban J connectivity index is 1.63. The summed E-state index contributed by atoms with van der Waals surface area (Å²) < 4.78 is 5.95. The van der Waals surface area contributed by atoms with Crippen LogP contribution in [0.15, 0.2) is 41.6 Å². The van der Waals surface area contributed by atoms with Crippen molar-refractivity contribution < 1.29 is 9.53 Å². The van der Waals surface area contributed by atoms with Crippen LogP contribution in [0.25, 0.3) is 20.4 Å². The van der Waals surface area contributed by atoms with Crippen molar-refractivity contribution in [2.24, 2.45) is 5.10 Å². The van der Waals surface area contributed by atoms with Crippen LogP contribution < -0.4 is 5.43 Å². The van der Waals surface area contributed by atoms with Crippen LogP contribution in [-0.4, -0.2) is 28.8 Å². The number of carbonyl (C=O) groups excluding carboxylic acids is 1. The van der Waals surface area contributed by atoms with E-state index in [-0.39, 0.29) is 5.97 Å². The number of hydrogen-bond donors (Lipinski definition) is 1. The molecule has 0 aliphatic rings. The number of thiophene rings is 1. The van der Waals surface area contributed by atoms with Gasteiger partial charge in [0.1, 0.15) is 9.71 Å². The first-order valence-corrected chi connectivity index (χ1v) is 9.84. The monoisotopic (exact) mass is 396 g/mol. The Morgan fingerprint density at radius 1 is 1.26 bits per heavy atom. The molecule has 0 radical (unpaired) electrons. The van der Waals surface area contributed by atoms with Gasteiger partial charge < -0.3 is 4.74 Å². The number of esters is 1. The van der Waals surface area contributed by atoms with Crippen molar-refractivity contribution >= 4 is 59.9 Å². The summed E-state index contributed by atoms with van der Waals surface area (Å²) >= 11 is 2.89. The number of aryl methyl sites for hydroxylation is 1. The fraction of sp³-hybridized carbons (Fsp3) is 0.158. The normalized spacial score (nSPS) is 11.9. The van der Waals surface area contributed by atoms with Gasteiger partial charge in [-0.15, -0.1) is 11.3 Å². The summed E-state index contributed by atoms with van der Waals surface area (Å²) in [5.41, 5.74) is 6.52. The lowest BCUT2D eigenvalue weighted by molar-refractivity contribution is 0.0605. The molecule has 0 aliphatic heterocycles. The second kappa shape index (κ2) is 7.05. The van der Waals surface area contributed by atoms with E-state index >= 15 is 0 Å². The number of ether oxygens (including phenoxy) is 1. The number of anilines is 1. The highest BCUT2D eigenvalue weighted by Crippen LogP contribution is 2.30. The van der Waals surface area contributed by atoms with Crippen LogP contribution in [0.1, 0.15) is 27.7 Å². The molecule has 0 bridgehead atoms. The third-order valence-corrected chi connectivity index (χ3v) is 6.33. The number of rotatable bonds is 4. The van der Waals surface area contributed by atoms with Gasteiger partial charge in [-0.3, -0.25) is 5.43 Å². The summed E-state index contributed by atoms with van der Waals surface area (Å²) in [5.74, 6) is -0.333. The Labute approximate surface area is 163 Å². The molecule has 0 amide bonds. The minimum atomic E-state index is -0.333. The third kappa shape index (κ3) is 3.29. The maximum absolute atomic E-state index is 11.9. The summed E-state index contributed by atoms with van der Waals surface area (Å²) in [4.78, 5) is 22.3. The molecule has 6 nitrogen and oxygen atoms in total. The summed E-state index contributed by atoms with van der Waals surface area (Å²) in [6, 6.07) is 9.96. The zero-order chi connectivity index (χ0) is 19.0. The molecule has 0 aliphatic carbocycles. The van der Waals surface area contributed by atoms with E-state index in [4.69, 9.17) is 4.74 Å². The number of methoxy groups -OCH3 is 1. The van der Waals surface area contributed by atoms with Crippen LogP contribution in [0.4, 0.5) is 5.13 Å². The highest BCUT2D eigenvalue weighted by Gasteiger charge is 2.17. The third-order valence-electron chi connectivity index (χ3n) is 4.20. The van der Waals surface area contributed by atoms with Crippen molar-refractivity contribution in [3.05, 3.63) is 52.5 Å². The Morgan fingerprint density at radius 3 is 2.85 bits per heavy atom. The first-order valence-electron chi connectivity index (χ1n) is 8.20. The zero-order valence-electron chi connectivity index (χ0n) is 14.9. The number of aromatic nitrogens is 2. The molecular weight excluding hydrogens is 380 g/mol. The number of pyridine rings is 1. The fourth-order valence-electron chi connectivity index (χ4n) is 2.70. The number of para-hydroxylation sites is 1. The van der Waals surface area contributed by atoms with Crippen molar-refractivity contribution in [1.82, 2.24) is 9.97 Å². The Kier molecular flexibility index (Phi) is 4.59.